The van der Waals surface area contributed by atoms with Gasteiger partial charge in [-0.15, -0.1) is 0 Å². The van der Waals surface area contributed by atoms with Gasteiger partial charge in [0.15, 0.2) is 5.69 Å². The summed E-state index contributed by atoms with van der Waals surface area (Å²) in [6.07, 6.45) is 2.77. The molecule has 0 aromatic carbocycles. The molecule has 0 aliphatic rings. The predicted octanol–water partition coefficient (Wildman–Crippen LogP) is 1.99. The van der Waals surface area contributed by atoms with E-state index in [4.69, 9.17) is 5.73 Å². The van der Waals surface area contributed by atoms with E-state index in [0.29, 0.717) is 23.8 Å². The number of anilines is 1. The maximum Gasteiger partial charge on any atom is 0.276 e. The third-order valence-corrected chi connectivity index (χ3v) is 3.21. The van der Waals surface area contributed by atoms with Crippen molar-refractivity contribution in [2.75, 3.05) is 18.8 Å². The van der Waals surface area contributed by atoms with Gasteiger partial charge in [0, 0.05) is 25.8 Å². The summed E-state index contributed by atoms with van der Waals surface area (Å²) in [7, 11) is 0. The Bertz CT molecular complexity index is 400. The number of carbonyl (C=O) groups is 1. The van der Waals surface area contributed by atoms with E-state index in [1.165, 1.54) is 0 Å². The Morgan fingerprint density at radius 3 is 2.61 bits per heavy atom. The maximum atomic E-state index is 12.3. The van der Waals surface area contributed by atoms with Crippen LogP contribution in [-0.4, -0.2) is 33.7 Å². The van der Waals surface area contributed by atoms with Gasteiger partial charge in [-0.1, -0.05) is 20.3 Å². The van der Waals surface area contributed by atoms with Crippen LogP contribution < -0.4 is 5.73 Å². The second kappa shape index (κ2) is 6.42. The largest absolute Gasteiger partial charge is 0.396 e. The minimum absolute atomic E-state index is 0.0671. The Balaban J connectivity index is 2.85. The van der Waals surface area contributed by atoms with Gasteiger partial charge < -0.3 is 10.6 Å². The number of rotatable bonds is 6. The molecule has 2 N–H and O–H groups in total. The van der Waals surface area contributed by atoms with Gasteiger partial charge in [0.1, 0.15) is 0 Å². The number of hydrogen-bond donors (Lipinski definition) is 1. The molecule has 0 bridgehead atoms. The number of hydrogen-bond acceptors (Lipinski definition) is 3. The Hall–Kier alpha value is -1.52. The molecule has 0 saturated heterocycles. The lowest BCUT2D eigenvalue weighted by Gasteiger charge is -2.23. The van der Waals surface area contributed by atoms with E-state index >= 15 is 0 Å². The average Bonchev–Trinajstić information content (AvgIpc) is 2.76. The zero-order chi connectivity index (χ0) is 13.7. The van der Waals surface area contributed by atoms with Crippen molar-refractivity contribution in [3.8, 4) is 0 Å². The summed E-state index contributed by atoms with van der Waals surface area (Å²) in [4.78, 5) is 14.2. The summed E-state index contributed by atoms with van der Waals surface area (Å²) < 4.78 is 1.69. The quantitative estimate of drug-likeness (QED) is 0.842. The van der Waals surface area contributed by atoms with Crippen LogP contribution in [0.1, 0.15) is 44.6 Å². The van der Waals surface area contributed by atoms with E-state index in [9.17, 15) is 4.79 Å². The number of carbonyl (C=O) groups excluding carboxylic acids is 1. The SMILES string of the molecule is CCC(C)CN(CC)C(=O)c1nn(CC)cc1N. The monoisotopic (exact) mass is 252 g/mol. The normalized spacial score (nSPS) is 12.4. The molecule has 1 rings (SSSR count). The first-order valence-corrected chi connectivity index (χ1v) is 6.65. The summed E-state index contributed by atoms with van der Waals surface area (Å²) in [6, 6.07) is 0. The fourth-order valence-corrected chi connectivity index (χ4v) is 1.78. The fourth-order valence-electron chi connectivity index (χ4n) is 1.78. The molecule has 0 aliphatic heterocycles. The van der Waals surface area contributed by atoms with Crippen molar-refractivity contribution in [2.24, 2.45) is 5.92 Å². The number of nitrogen functional groups attached to an aromatic ring is 1. The Labute approximate surface area is 109 Å². The van der Waals surface area contributed by atoms with Gasteiger partial charge in [-0.3, -0.25) is 9.48 Å². The van der Waals surface area contributed by atoms with Crippen molar-refractivity contribution in [3.63, 3.8) is 0 Å². The van der Waals surface area contributed by atoms with Crippen molar-refractivity contribution >= 4 is 11.6 Å². The molecular weight excluding hydrogens is 228 g/mol. The van der Waals surface area contributed by atoms with E-state index in [1.807, 2.05) is 18.7 Å². The van der Waals surface area contributed by atoms with Gasteiger partial charge in [0.2, 0.25) is 0 Å². The molecule has 0 spiro atoms. The lowest BCUT2D eigenvalue weighted by atomic mass is 10.1. The molecule has 0 fully saturated rings. The number of aromatic nitrogens is 2. The number of nitrogens with zero attached hydrogens (tertiary/aromatic N) is 3. The van der Waals surface area contributed by atoms with Crippen LogP contribution in [0, 0.1) is 5.92 Å². The highest BCUT2D eigenvalue weighted by molar-refractivity contribution is 5.97. The zero-order valence-electron chi connectivity index (χ0n) is 11.8. The maximum absolute atomic E-state index is 12.3. The van der Waals surface area contributed by atoms with E-state index < -0.39 is 0 Å². The fraction of sp³-hybridized carbons (Fsp3) is 0.692. The van der Waals surface area contributed by atoms with Gasteiger partial charge in [-0.05, 0) is 19.8 Å². The summed E-state index contributed by atoms with van der Waals surface area (Å²) in [5, 5.41) is 4.23. The smallest absolute Gasteiger partial charge is 0.276 e. The average molecular weight is 252 g/mol. The Morgan fingerprint density at radius 2 is 2.17 bits per heavy atom. The van der Waals surface area contributed by atoms with E-state index in [0.717, 1.165) is 19.5 Å². The third kappa shape index (κ3) is 3.24. The van der Waals surface area contributed by atoms with Crippen molar-refractivity contribution in [3.05, 3.63) is 11.9 Å². The Morgan fingerprint density at radius 1 is 1.50 bits per heavy atom. The minimum Gasteiger partial charge on any atom is -0.396 e. The molecule has 5 nitrogen and oxygen atoms in total. The highest BCUT2D eigenvalue weighted by Gasteiger charge is 2.21. The second-order valence-corrected chi connectivity index (χ2v) is 4.65. The minimum atomic E-state index is -0.0671. The molecule has 5 heteroatoms. The van der Waals surface area contributed by atoms with E-state index in [1.54, 1.807) is 10.9 Å². The van der Waals surface area contributed by atoms with Crippen LogP contribution in [0.3, 0.4) is 0 Å². The van der Waals surface area contributed by atoms with Gasteiger partial charge in [-0.25, -0.2) is 0 Å². The molecular formula is C13H24N4O. The van der Waals surface area contributed by atoms with E-state index in [2.05, 4.69) is 18.9 Å². The van der Waals surface area contributed by atoms with Crippen LogP contribution in [-0.2, 0) is 6.54 Å². The van der Waals surface area contributed by atoms with Crippen LogP contribution in [0.25, 0.3) is 0 Å². The highest BCUT2D eigenvalue weighted by Crippen LogP contribution is 2.14. The first kappa shape index (κ1) is 14.5. The standard InChI is InChI=1S/C13H24N4O/c1-5-10(4)8-16(6-2)13(18)12-11(14)9-17(7-3)15-12/h9-10H,5-8,14H2,1-4H3. The van der Waals surface area contributed by atoms with E-state index in [-0.39, 0.29) is 5.91 Å². The molecule has 0 radical (unpaired) electrons. The lowest BCUT2D eigenvalue weighted by Crippen LogP contribution is -2.35. The molecule has 102 valence electrons. The van der Waals surface area contributed by atoms with Crippen LogP contribution in [0.2, 0.25) is 0 Å². The number of aryl methyl sites for hydroxylation is 1. The first-order valence-electron chi connectivity index (χ1n) is 6.65. The topological polar surface area (TPSA) is 64.2 Å². The molecule has 1 heterocycles. The van der Waals surface area contributed by atoms with Gasteiger partial charge in [0.25, 0.3) is 5.91 Å². The molecule has 0 saturated carbocycles. The lowest BCUT2D eigenvalue weighted by molar-refractivity contribution is 0.0735. The molecule has 1 atom stereocenters. The molecule has 1 aromatic rings. The van der Waals surface area contributed by atoms with Gasteiger partial charge >= 0.3 is 0 Å². The third-order valence-electron chi connectivity index (χ3n) is 3.21. The van der Waals surface area contributed by atoms with Crippen molar-refractivity contribution in [1.82, 2.24) is 14.7 Å². The molecule has 18 heavy (non-hydrogen) atoms. The second-order valence-electron chi connectivity index (χ2n) is 4.65. The Kier molecular flexibility index (Phi) is 5.19. The summed E-state index contributed by atoms with van der Waals surface area (Å²) >= 11 is 0. The predicted molar refractivity (Wildman–Crippen MR) is 73.3 cm³/mol. The summed E-state index contributed by atoms with van der Waals surface area (Å²) in [6.45, 7) is 10.4. The van der Waals surface area contributed by atoms with Crippen LogP contribution in [0.4, 0.5) is 5.69 Å². The molecule has 0 aliphatic carbocycles. The molecule has 1 amide bonds. The number of nitrogens with two attached hydrogens (primary N) is 1. The highest BCUT2D eigenvalue weighted by atomic mass is 16.2. The summed E-state index contributed by atoms with van der Waals surface area (Å²) in [5.74, 6) is 0.422. The molecule has 1 unspecified atom stereocenters. The van der Waals surface area contributed by atoms with Crippen LogP contribution >= 0.6 is 0 Å². The zero-order valence-corrected chi connectivity index (χ0v) is 11.8. The van der Waals surface area contributed by atoms with Crippen molar-refractivity contribution < 1.29 is 4.79 Å². The number of amides is 1. The van der Waals surface area contributed by atoms with Crippen molar-refractivity contribution in [1.29, 1.82) is 0 Å². The molecule has 1 aromatic heterocycles. The summed E-state index contributed by atoms with van der Waals surface area (Å²) in [5.41, 5.74) is 6.68. The van der Waals surface area contributed by atoms with Gasteiger partial charge in [0.05, 0.1) is 5.69 Å². The van der Waals surface area contributed by atoms with Crippen LogP contribution in [0.5, 0.6) is 0 Å². The van der Waals surface area contributed by atoms with Gasteiger partial charge in [-0.2, -0.15) is 5.10 Å². The van der Waals surface area contributed by atoms with Crippen LogP contribution in [0.15, 0.2) is 6.20 Å². The first-order chi connectivity index (χ1) is 8.53. The van der Waals surface area contributed by atoms with Crippen molar-refractivity contribution in [2.45, 2.75) is 40.7 Å².